The number of urea groups is 1. The lowest BCUT2D eigenvalue weighted by Gasteiger charge is -2.13. The second kappa shape index (κ2) is 8.58. The molecule has 1 aliphatic rings. The summed E-state index contributed by atoms with van der Waals surface area (Å²) >= 11 is 5.53. The van der Waals surface area contributed by atoms with E-state index in [1.165, 1.54) is 18.9 Å². The van der Waals surface area contributed by atoms with Gasteiger partial charge in [0.15, 0.2) is 0 Å². The zero-order chi connectivity index (χ0) is 17.6. The van der Waals surface area contributed by atoms with Gasteiger partial charge < -0.3 is 15.4 Å². The predicted molar refractivity (Wildman–Crippen MR) is 86.3 cm³/mol. The van der Waals surface area contributed by atoms with Crippen molar-refractivity contribution in [2.24, 2.45) is 0 Å². The summed E-state index contributed by atoms with van der Waals surface area (Å²) in [5.74, 6) is 0. The average Bonchev–Trinajstić information content (AvgIpc) is 3.01. The molecule has 2 N–H and O–H groups in total. The lowest BCUT2D eigenvalue weighted by molar-refractivity contribution is -0.137. The van der Waals surface area contributed by atoms with Crippen molar-refractivity contribution < 1.29 is 22.7 Å². The molecule has 1 saturated carbocycles. The fourth-order valence-electron chi connectivity index (χ4n) is 2.57. The third kappa shape index (κ3) is 5.87. The molecule has 1 aromatic carbocycles. The molecule has 134 valence electrons. The predicted octanol–water partition coefficient (Wildman–Crippen LogP) is 4.83. The Labute approximate surface area is 143 Å². The maximum atomic E-state index is 12.8. The highest BCUT2D eigenvalue weighted by molar-refractivity contribution is 6.31. The number of ether oxygens (including phenoxy) is 1. The van der Waals surface area contributed by atoms with Crippen molar-refractivity contribution in [2.75, 3.05) is 18.5 Å². The number of anilines is 1. The van der Waals surface area contributed by atoms with Crippen LogP contribution in [-0.2, 0) is 10.9 Å². The number of benzene rings is 1. The van der Waals surface area contributed by atoms with E-state index < -0.39 is 22.8 Å². The SMILES string of the molecule is O=C(NCCCOC1CCCC1)Nc1ccc(Cl)c(C(F)(F)F)c1. The van der Waals surface area contributed by atoms with E-state index in [2.05, 4.69) is 10.6 Å². The highest BCUT2D eigenvalue weighted by Crippen LogP contribution is 2.36. The number of amides is 2. The Morgan fingerprint density at radius 3 is 2.67 bits per heavy atom. The third-order valence-electron chi connectivity index (χ3n) is 3.79. The minimum absolute atomic E-state index is 0.0337. The van der Waals surface area contributed by atoms with Crippen molar-refractivity contribution in [2.45, 2.75) is 44.4 Å². The Hall–Kier alpha value is -1.47. The number of hydrogen-bond acceptors (Lipinski definition) is 2. The zero-order valence-corrected chi connectivity index (χ0v) is 13.8. The van der Waals surface area contributed by atoms with Gasteiger partial charge in [-0.1, -0.05) is 24.4 Å². The Balaban J connectivity index is 1.72. The molecule has 1 aromatic rings. The Morgan fingerprint density at radius 1 is 1.29 bits per heavy atom. The first-order valence-corrected chi connectivity index (χ1v) is 8.27. The fraction of sp³-hybridized carbons (Fsp3) is 0.562. The lowest BCUT2D eigenvalue weighted by Crippen LogP contribution is -2.30. The Kier molecular flexibility index (Phi) is 6.74. The van der Waals surface area contributed by atoms with E-state index in [0.717, 1.165) is 25.0 Å². The molecule has 1 aliphatic carbocycles. The number of rotatable bonds is 6. The number of alkyl halides is 3. The van der Waals surface area contributed by atoms with Gasteiger partial charge in [0.1, 0.15) is 0 Å². The fourth-order valence-corrected chi connectivity index (χ4v) is 2.80. The highest BCUT2D eigenvalue weighted by atomic mass is 35.5. The molecule has 0 spiro atoms. The van der Waals surface area contributed by atoms with Gasteiger partial charge in [0.2, 0.25) is 0 Å². The molecular formula is C16H20ClF3N2O2. The van der Waals surface area contributed by atoms with E-state index in [9.17, 15) is 18.0 Å². The van der Waals surface area contributed by atoms with Gasteiger partial charge in [-0.05, 0) is 37.5 Å². The maximum absolute atomic E-state index is 12.8. The molecule has 0 radical (unpaired) electrons. The maximum Gasteiger partial charge on any atom is 0.417 e. The molecule has 0 bridgehead atoms. The van der Waals surface area contributed by atoms with Crippen molar-refractivity contribution in [3.05, 3.63) is 28.8 Å². The van der Waals surface area contributed by atoms with Gasteiger partial charge in [0.25, 0.3) is 0 Å². The first kappa shape index (κ1) is 18.9. The zero-order valence-electron chi connectivity index (χ0n) is 13.1. The number of halogens is 4. The minimum atomic E-state index is -4.57. The molecule has 0 unspecified atom stereocenters. The van der Waals surface area contributed by atoms with Gasteiger partial charge in [0.05, 0.1) is 16.7 Å². The smallest absolute Gasteiger partial charge is 0.378 e. The summed E-state index contributed by atoms with van der Waals surface area (Å²) in [6, 6.07) is 2.67. The summed E-state index contributed by atoms with van der Waals surface area (Å²) in [6.07, 6.45) is 0.992. The van der Waals surface area contributed by atoms with Crippen LogP contribution in [0.2, 0.25) is 5.02 Å². The van der Waals surface area contributed by atoms with Crippen LogP contribution in [0, 0.1) is 0 Å². The van der Waals surface area contributed by atoms with Gasteiger partial charge >= 0.3 is 12.2 Å². The number of hydrogen-bond donors (Lipinski definition) is 2. The van der Waals surface area contributed by atoms with Gasteiger partial charge in [-0.15, -0.1) is 0 Å². The van der Waals surface area contributed by atoms with Crippen molar-refractivity contribution in [1.82, 2.24) is 5.32 Å². The van der Waals surface area contributed by atoms with Crippen LogP contribution in [0.5, 0.6) is 0 Å². The summed E-state index contributed by atoms with van der Waals surface area (Å²) in [5.41, 5.74) is -0.946. The quantitative estimate of drug-likeness (QED) is 0.710. The van der Waals surface area contributed by atoms with E-state index in [1.807, 2.05) is 0 Å². The van der Waals surface area contributed by atoms with Crippen LogP contribution in [0.3, 0.4) is 0 Å². The van der Waals surface area contributed by atoms with Crippen molar-refractivity contribution in [1.29, 1.82) is 0 Å². The second-order valence-electron chi connectivity index (χ2n) is 5.70. The molecule has 0 heterocycles. The molecule has 24 heavy (non-hydrogen) atoms. The summed E-state index contributed by atoms with van der Waals surface area (Å²) < 4.78 is 43.9. The van der Waals surface area contributed by atoms with E-state index in [0.29, 0.717) is 25.7 Å². The van der Waals surface area contributed by atoms with Crippen LogP contribution in [0.25, 0.3) is 0 Å². The van der Waals surface area contributed by atoms with E-state index in [-0.39, 0.29) is 5.69 Å². The van der Waals surface area contributed by atoms with Crippen LogP contribution < -0.4 is 10.6 Å². The molecule has 0 saturated heterocycles. The molecule has 1 fully saturated rings. The largest absolute Gasteiger partial charge is 0.417 e. The number of nitrogens with one attached hydrogen (secondary N) is 2. The van der Waals surface area contributed by atoms with Crippen molar-refractivity contribution in [3.63, 3.8) is 0 Å². The number of carbonyl (C=O) groups is 1. The number of carbonyl (C=O) groups excluding carboxylic acids is 1. The highest BCUT2D eigenvalue weighted by Gasteiger charge is 2.33. The summed E-state index contributed by atoms with van der Waals surface area (Å²) in [5, 5.41) is 4.54. The van der Waals surface area contributed by atoms with Crippen LogP contribution in [0.4, 0.5) is 23.7 Å². The second-order valence-corrected chi connectivity index (χ2v) is 6.11. The van der Waals surface area contributed by atoms with E-state index >= 15 is 0 Å². The van der Waals surface area contributed by atoms with E-state index in [4.69, 9.17) is 16.3 Å². The molecule has 2 rings (SSSR count). The van der Waals surface area contributed by atoms with Crippen LogP contribution in [0.15, 0.2) is 18.2 Å². The topological polar surface area (TPSA) is 50.4 Å². The molecule has 2 amide bonds. The minimum Gasteiger partial charge on any atom is -0.378 e. The first-order valence-electron chi connectivity index (χ1n) is 7.89. The first-order chi connectivity index (χ1) is 11.4. The van der Waals surface area contributed by atoms with Gasteiger partial charge in [0, 0.05) is 18.8 Å². The van der Waals surface area contributed by atoms with Gasteiger partial charge in [-0.2, -0.15) is 13.2 Å². The molecular weight excluding hydrogens is 345 g/mol. The van der Waals surface area contributed by atoms with Crippen molar-refractivity contribution in [3.8, 4) is 0 Å². The monoisotopic (exact) mass is 364 g/mol. The molecule has 4 nitrogen and oxygen atoms in total. The summed E-state index contributed by atoms with van der Waals surface area (Å²) in [6.45, 7) is 0.947. The Morgan fingerprint density at radius 2 is 2.00 bits per heavy atom. The van der Waals surface area contributed by atoms with Gasteiger partial charge in [-0.3, -0.25) is 0 Å². The Bertz CT molecular complexity index is 561. The third-order valence-corrected chi connectivity index (χ3v) is 4.12. The van der Waals surface area contributed by atoms with Crippen LogP contribution >= 0.6 is 11.6 Å². The molecule has 0 aromatic heterocycles. The van der Waals surface area contributed by atoms with Crippen LogP contribution in [-0.4, -0.2) is 25.3 Å². The van der Waals surface area contributed by atoms with E-state index in [1.54, 1.807) is 0 Å². The molecule has 8 heteroatoms. The molecule has 0 atom stereocenters. The normalized spacial score (nSPS) is 15.5. The summed E-state index contributed by atoms with van der Waals surface area (Å²) in [7, 11) is 0. The van der Waals surface area contributed by atoms with Crippen molar-refractivity contribution >= 4 is 23.3 Å². The summed E-state index contributed by atoms with van der Waals surface area (Å²) in [4.78, 5) is 11.7. The van der Waals surface area contributed by atoms with Crippen LogP contribution in [0.1, 0.15) is 37.7 Å². The standard InChI is InChI=1S/C16H20ClF3N2O2/c17-14-7-6-11(10-13(14)16(18,19)20)22-15(23)21-8-3-9-24-12-4-1-2-5-12/h6-7,10,12H,1-5,8-9H2,(H2,21,22,23). The average molecular weight is 365 g/mol. The van der Waals surface area contributed by atoms with Gasteiger partial charge in [-0.25, -0.2) is 4.79 Å². The molecule has 0 aliphatic heterocycles. The lowest BCUT2D eigenvalue weighted by atomic mass is 10.2.